The number of carbonyl (C=O) groups is 1. The van der Waals surface area contributed by atoms with Crippen LogP contribution in [0.1, 0.15) is 58.1 Å². The van der Waals surface area contributed by atoms with Crippen molar-refractivity contribution in [2.24, 2.45) is 0 Å². The van der Waals surface area contributed by atoms with Gasteiger partial charge in [-0.2, -0.15) is 0 Å². The molecule has 0 aliphatic carbocycles. The van der Waals surface area contributed by atoms with Gasteiger partial charge in [0, 0.05) is 6.42 Å². The number of hydrogen-bond acceptors (Lipinski definition) is 4. The van der Waals surface area contributed by atoms with Crippen LogP contribution in [0.15, 0.2) is 24.3 Å². The molecule has 0 radical (unpaired) electrons. The zero-order valence-corrected chi connectivity index (χ0v) is 13.2. The Morgan fingerprint density at radius 3 is 2.48 bits per heavy atom. The number of rotatable bonds is 9. The Morgan fingerprint density at radius 1 is 1.24 bits per heavy atom. The molecule has 1 unspecified atom stereocenters. The lowest BCUT2D eigenvalue weighted by Gasteiger charge is -2.13. The maximum atomic E-state index is 11.5. The molecule has 0 aliphatic rings. The standard InChI is InChI=1S/C17H26O4/c1-4-5-12-20-17(19)11-10-16(18)14-6-8-15(9-7-14)21-13(2)3/h6-9,13,16,18H,4-5,10-12H2,1-3H3. The van der Waals surface area contributed by atoms with Gasteiger partial charge in [0.2, 0.25) is 0 Å². The summed E-state index contributed by atoms with van der Waals surface area (Å²) >= 11 is 0. The molecule has 0 amide bonds. The third-order valence-corrected chi connectivity index (χ3v) is 3.02. The summed E-state index contributed by atoms with van der Waals surface area (Å²) in [5.41, 5.74) is 0.785. The summed E-state index contributed by atoms with van der Waals surface area (Å²) in [7, 11) is 0. The second kappa shape index (κ2) is 9.40. The molecule has 0 aromatic heterocycles. The first-order valence-electron chi connectivity index (χ1n) is 7.63. The van der Waals surface area contributed by atoms with Crippen LogP contribution in [0, 0.1) is 0 Å². The SMILES string of the molecule is CCCCOC(=O)CCC(O)c1ccc(OC(C)C)cc1. The molecule has 1 N–H and O–H groups in total. The van der Waals surface area contributed by atoms with Crippen LogP contribution in [0.3, 0.4) is 0 Å². The minimum absolute atomic E-state index is 0.124. The molecule has 0 fully saturated rings. The van der Waals surface area contributed by atoms with Crippen molar-refractivity contribution in [3.8, 4) is 5.75 Å². The number of benzene rings is 1. The molecule has 4 nitrogen and oxygen atoms in total. The molecule has 0 heterocycles. The number of unbranched alkanes of at least 4 members (excludes halogenated alkanes) is 1. The van der Waals surface area contributed by atoms with Crippen LogP contribution < -0.4 is 4.74 Å². The van der Waals surface area contributed by atoms with Crippen molar-refractivity contribution in [2.75, 3.05) is 6.61 Å². The summed E-state index contributed by atoms with van der Waals surface area (Å²) in [5.74, 6) is 0.530. The monoisotopic (exact) mass is 294 g/mol. The smallest absolute Gasteiger partial charge is 0.305 e. The highest BCUT2D eigenvalue weighted by molar-refractivity contribution is 5.69. The minimum Gasteiger partial charge on any atom is -0.491 e. The van der Waals surface area contributed by atoms with Crippen LogP contribution in [0.4, 0.5) is 0 Å². The van der Waals surface area contributed by atoms with Crippen LogP contribution >= 0.6 is 0 Å². The summed E-state index contributed by atoms with van der Waals surface area (Å²) in [6.07, 6.45) is 1.95. The van der Waals surface area contributed by atoms with Gasteiger partial charge in [-0.1, -0.05) is 25.5 Å². The van der Waals surface area contributed by atoms with E-state index in [1.807, 2.05) is 45.0 Å². The van der Waals surface area contributed by atoms with Crippen molar-refractivity contribution >= 4 is 5.97 Å². The second-order valence-electron chi connectivity index (χ2n) is 5.36. The fourth-order valence-electron chi connectivity index (χ4n) is 1.86. The third kappa shape index (κ3) is 7.14. The van der Waals surface area contributed by atoms with E-state index in [2.05, 4.69) is 0 Å². The highest BCUT2D eigenvalue weighted by Gasteiger charge is 2.11. The van der Waals surface area contributed by atoms with Crippen LogP contribution in [-0.2, 0) is 9.53 Å². The minimum atomic E-state index is -0.656. The Morgan fingerprint density at radius 2 is 1.90 bits per heavy atom. The third-order valence-electron chi connectivity index (χ3n) is 3.02. The Bertz CT molecular complexity index is 411. The van der Waals surface area contributed by atoms with Crippen molar-refractivity contribution in [1.29, 1.82) is 0 Å². The fraction of sp³-hybridized carbons (Fsp3) is 0.588. The quantitative estimate of drug-likeness (QED) is 0.558. The van der Waals surface area contributed by atoms with Gasteiger partial charge in [0.1, 0.15) is 5.75 Å². The number of aliphatic hydroxyl groups excluding tert-OH is 1. The van der Waals surface area contributed by atoms with Gasteiger partial charge in [0.05, 0.1) is 18.8 Å². The molecular formula is C17H26O4. The molecule has 0 bridgehead atoms. The van der Waals surface area contributed by atoms with E-state index < -0.39 is 6.10 Å². The van der Waals surface area contributed by atoms with Gasteiger partial charge >= 0.3 is 5.97 Å². The molecular weight excluding hydrogens is 268 g/mol. The first-order chi connectivity index (χ1) is 10.0. The summed E-state index contributed by atoms with van der Waals surface area (Å²) in [6.45, 7) is 6.44. The lowest BCUT2D eigenvalue weighted by Crippen LogP contribution is -2.08. The first kappa shape index (κ1) is 17.5. The van der Waals surface area contributed by atoms with Crippen LogP contribution in [0.5, 0.6) is 5.75 Å². The van der Waals surface area contributed by atoms with Crippen molar-refractivity contribution in [3.63, 3.8) is 0 Å². The maximum Gasteiger partial charge on any atom is 0.305 e. The van der Waals surface area contributed by atoms with Gasteiger partial charge < -0.3 is 14.6 Å². The van der Waals surface area contributed by atoms with E-state index in [-0.39, 0.29) is 18.5 Å². The summed E-state index contributed by atoms with van der Waals surface area (Å²) in [4.78, 5) is 11.5. The van der Waals surface area contributed by atoms with Gasteiger partial charge in [0.15, 0.2) is 0 Å². The highest BCUT2D eigenvalue weighted by Crippen LogP contribution is 2.22. The number of esters is 1. The van der Waals surface area contributed by atoms with Crippen molar-refractivity contribution in [1.82, 2.24) is 0 Å². The highest BCUT2D eigenvalue weighted by atomic mass is 16.5. The number of carbonyl (C=O) groups excluding carboxylic acids is 1. The van der Waals surface area contributed by atoms with E-state index in [0.717, 1.165) is 24.2 Å². The molecule has 118 valence electrons. The Balaban J connectivity index is 2.37. The normalized spacial score (nSPS) is 12.2. The Kier molecular flexibility index (Phi) is 7.83. The van der Waals surface area contributed by atoms with E-state index in [1.54, 1.807) is 0 Å². The number of ether oxygens (including phenoxy) is 2. The van der Waals surface area contributed by atoms with E-state index in [0.29, 0.717) is 13.0 Å². The van der Waals surface area contributed by atoms with Gasteiger partial charge in [-0.3, -0.25) is 4.79 Å². The van der Waals surface area contributed by atoms with Crippen molar-refractivity contribution < 1.29 is 19.4 Å². The molecule has 4 heteroatoms. The predicted molar refractivity (Wildman–Crippen MR) is 82.3 cm³/mol. The topological polar surface area (TPSA) is 55.8 Å². The average molecular weight is 294 g/mol. The largest absolute Gasteiger partial charge is 0.491 e. The average Bonchev–Trinajstić information content (AvgIpc) is 2.45. The fourth-order valence-corrected chi connectivity index (χ4v) is 1.86. The molecule has 21 heavy (non-hydrogen) atoms. The Hall–Kier alpha value is -1.55. The molecule has 1 rings (SSSR count). The molecule has 1 atom stereocenters. The molecule has 0 aliphatic heterocycles. The van der Waals surface area contributed by atoms with E-state index >= 15 is 0 Å². The number of hydrogen-bond donors (Lipinski definition) is 1. The van der Waals surface area contributed by atoms with Crippen molar-refractivity contribution in [3.05, 3.63) is 29.8 Å². The zero-order valence-electron chi connectivity index (χ0n) is 13.2. The van der Waals surface area contributed by atoms with Crippen LogP contribution in [-0.4, -0.2) is 23.8 Å². The predicted octanol–water partition coefficient (Wildman–Crippen LogP) is 3.63. The Labute approximate surface area is 127 Å². The van der Waals surface area contributed by atoms with Gasteiger partial charge in [-0.25, -0.2) is 0 Å². The summed E-state index contributed by atoms with van der Waals surface area (Å²) < 4.78 is 10.6. The summed E-state index contributed by atoms with van der Waals surface area (Å²) in [6, 6.07) is 7.31. The molecule has 1 aromatic carbocycles. The number of aliphatic hydroxyl groups is 1. The summed E-state index contributed by atoms with van der Waals surface area (Å²) in [5, 5.41) is 10.1. The second-order valence-corrected chi connectivity index (χ2v) is 5.36. The molecule has 0 saturated carbocycles. The van der Waals surface area contributed by atoms with E-state index in [1.165, 1.54) is 0 Å². The molecule has 1 aromatic rings. The first-order valence-corrected chi connectivity index (χ1v) is 7.63. The zero-order chi connectivity index (χ0) is 15.7. The molecule has 0 saturated heterocycles. The lowest BCUT2D eigenvalue weighted by molar-refractivity contribution is -0.144. The van der Waals surface area contributed by atoms with Crippen LogP contribution in [0.25, 0.3) is 0 Å². The van der Waals surface area contributed by atoms with E-state index in [9.17, 15) is 9.90 Å². The van der Waals surface area contributed by atoms with E-state index in [4.69, 9.17) is 9.47 Å². The lowest BCUT2D eigenvalue weighted by atomic mass is 10.0. The molecule has 0 spiro atoms. The van der Waals surface area contributed by atoms with Gasteiger partial charge in [-0.05, 0) is 44.4 Å². The van der Waals surface area contributed by atoms with Gasteiger partial charge in [0.25, 0.3) is 0 Å². The van der Waals surface area contributed by atoms with Crippen LogP contribution in [0.2, 0.25) is 0 Å². The van der Waals surface area contributed by atoms with Gasteiger partial charge in [-0.15, -0.1) is 0 Å². The maximum absolute atomic E-state index is 11.5. The van der Waals surface area contributed by atoms with Crippen molar-refractivity contribution in [2.45, 2.75) is 58.7 Å².